The topological polar surface area (TPSA) is 25.4 Å². The second-order valence-corrected chi connectivity index (χ2v) is 4.34. The molecule has 1 aliphatic heterocycles. The zero-order valence-electron chi connectivity index (χ0n) is 8.11. The van der Waals surface area contributed by atoms with E-state index in [4.69, 9.17) is 4.74 Å². The van der Waals surface area contributed by atoms with Crippen molar-refractivity contribution in [1.82, 2.24) is 4.98 Å². The minimum absolute atomic E-state index is 0.362. The molecule has 76 valence electrons. The monoisotopic (exact) mass is 256 g/mol. The van der Waals surface area contributed by atoms with E-state index in [9.17, 15) is 0 Å². The van der Waals surface area contributed by atoms with Gasteiger partial charge in [0.15, 0.2) is 0 Å². The molecule has 0 radical (unpaired) electrons. The number of nitrogens with zero attached hydrogens (tertiary/aromatic N) is 2. The molecular formula is C10H13BrN2O. The van der Waals surface area contributed by atoms with Gasteiger partial charge in [-0.1, -0.05) is 0 Å². The van der Waals surface area contributed by atoms with Gasteiger partial charge in [0.25, 0.3) is 0 Å². The second-order valence-electron chi connectivity index (χ2n) is 3.43. The van der Waals surface area contributed by atoms with Gasteiger partial charge in [-0.3, -0.25) is 0 Å². The summed E-state index contributed by atoms with van der Waals surface area (Å²) in [5.74, 6) is 1.03. The largest absolute Gasteiger partial charge is 0.380 e. The van der Waals surface area contributed by atoms with Crippen LogP contribution in [0.15, 0.2) is 22.8 Å². The summed E-state index contributed by atoms with van der Waals surface area (Å²) < 4.78 is 6.33. The van der Waals surface area contributed by atoms with Gasteiger partial charge in [-0.2, -0.15) is 0 Å². The third-order valence-corrected chi connectivity index (χ3v) is 2.98. The van der Waals surface area contributed by atoms with Crippen LogP contribution in [0.4, 0.5) is 5.82 Å². The number of anilines is 1. The van der Waals surface area contributed by atoms with Gasteiger partial charge in [0.1, 0.15) is 5.82 Å². The Hall–Kier alpha value is -0.610. The number of halogens is 1. The summed E-state index contributed by atoms with van der Waals surface area (Å²) in [6, 6.07) is 4.05. The van der Waals surface area contributed by atoms with Gasteiger partial charge in [-0.05, 0) is 34.5 Å². The molecule has 4 heteroatoms. The maximum absolute atomic E-state index is 5.31. The Morgan fingerprint density at radius 1 is 1.57 bits per heavy atom. The molecule has 1 atom stereocenters. The zero-order chi connectivity index (χ0) is 9.97. The van der Waals surface area contributed by atoms with Gasteiger partial charge in [-0.15, -0.1) is 0 Å². The van der Waals surface area contributed by atoms with E-state index in [0.717, 1.165) is 29.8 Å². The molecule has 0 aliphatic carbocycles. The molecule has 0 amide bonds. The van der Waals surface area contributed by atoms with E-state index < -0.39 is 0 Å². The summed E-state index contributed by atoms with van der Waals surface area (Å²) in [6.45, 7) is 1.98. The molecule has 2 rings (SSSR count). The van der Waals surface area contributed by atoms with Crippen molar-refractivity contribution in [3.8, 4) is 0 Å². The number of rotatable bonds is 2. The van der Waals surface area contributed by atoms with E-state index >= 15 is 0 Å². The number of methoxy groups -OCH3 is 1. The van der Waals surface area contributed by atoms with Crippen LogP contribution < -0.4 is 4.90 Å². The van der Waals surface area contributed by atoms with Crippen LogP contribution >= 0.6 is 15.9 Å². The number of aromatic nitrogens is 1. The highest BCUT2D eigenvalue weighted by atomic mass is 79.9. The van der Waals surface area contributed by atoms with E-state index in [2.05, 4.69) is 25.8 Å². The molecule has 1 aromatic heterocycles. The Morgan fingerprint density at radius 3 is 3.00 bits per heavy atom. The average molecular weight is 257 g/mol. The van der Waals surface area contributed by atoms with Crippen LogP contribution in [-0.4, -0.2) is 31.3 Å². The summed E-state index contributed by atoms with van der Waals surface area (Å²) in [4.78, 5) is 6.60. The minimum atomic E-state index is 0.362. The molecule has 1 fully saturated rings. The molecule has 2 heterocycles. The summed E-state index contributed by atoms with van der Waals surface area (Å²) in [6.07, 6.45) is 3.28. The van der Waals surface area contributed by atoms with Gasteiger partial charge in [0.2, 0.25) is 0 Å². The van der Waals surface area contributed by atoms with Crippen molar-refractivity contribution in [3.63, 3.8) is 0 Å². The molecule has 0 N–H and O–H groups in total. The lowest BCUT2D eigenvalue weighted by Gasteiger charge is -2.16. The molecule has 1 aromatic rings. The van der Waals surface area contributed by atoms with Crippen molar-refractivity contribution in [1.29, 1.82) is 0 Å². The van der Waals surface area contributed by atoms with Crippen LogP contribution in [0.3, 0.4) is 0 Å². The van der Waals surface area contributed by atoms with Crippen molar-refractivity contribution < 1.29 is 4.74 Å². The molecule has 0 saturated carbocycles. The van der Waals surface area contributed by atoms with Crippen molar-refractivity contribution in [2.75, 3.05) is 25.1 Å². The fourth-order valence-electron chi connectivity index (χ4n) is 1.68. The first-order valence-corrected chi connectivity index (χ1v) is 5.48. The highest BCUT2D eigenvalue weighted by Crippen LogP contribution is 2.20. The lowest BCUT2D eigenvalue weighted by Crippen LogP contribution is -2.22. The van der Waals surface area contributed by atoms with Crippen LogP contribution in [0.5, 0.6) is 0 Å². The summed E-state index contributed by atoms with van der Waals surface area (Å²) in [5, 5.41) is 0. The molecule has 1 unspecified atom stereocenters. The SMILES string of the molecule is COC1CCN(c2ccc(Br)cn2)C1. The maximum atomic E-state index is 5.31. The standard InChI is InChI=1S/C10H13BrN2O/c1-14-9-4-5-13(7-9)10-3-2-8(11)6-12-10/h2-3,6,9H,4-5,7H2,1H3. The van der Waals surface area contributed by atoms with Crippen LogP contribution in [-0.2, 0) is 4.74 Å². The first kappa shape index (κ1) is 9.93. The van der Waals surface area contributed by atoms with Crippen LogP contribution in [0.25, 0.3) is 0 Å². The molecule has 0 aromatic carbocycles. The van der Waals surface area contributed by atoms with Gasteiger partial charge in [0, 0.05) is 30.9 Å². The summed E-state index contributed by atoms with van der Waals surface area (Å²) in [5.41, 5.74) is 0. The highest BCUT2D eigenvalue weighted by Gasteiger charge is 2.22. The van der Waals surface area contributed by atoms with E-state index in [1.807, 2.05) is 18.3 Å². The predicted molar refractivity (Wildman–Crippen MR) is 59.6 cm³/mol. The van der Waals surface area contributed by atoms with Gasteiger partial charge in [-0.25, -0.2) is 4.98 Å². The van der Waals surface area contributed by atoms with Gasteiger partial charge in [0.05, 0.1) is 6.10 Å². The number of hydrogen-bond donors (Lipinski definition) is 0. The van der Waals surface area contributed by atoms with Crippen LogP contribution in [0, 0.1) is 0 Å². The van der Waals surface area contributed by atoms with E-state index in [1.54, 1.807) is 7.11 Å². The minimum Gasteiger partial charge on any atom is -0.380 e. The number of pyridine rings is 1. The molecule has 1 saturated heterocycles. The fraction of sp³-hybridized carbons (Fsp3) is 0.500. The highest BCUT2D eigenvalue weighted by molar-refractivity contribution is 9.10. The maximum Gasteiger partial charge on any atom is 0.128 e. The van der Waals surface area contributed by atoms with Crippen molar-refractivity contribution >= 4 is 21.7 Å². The third kappa shape index (κ3) is 2.07. The summed E-state index contributed by atoms with van der Waals surface area (Å²) >= 11 is 3.37. The first-order valence-electron chi connectivity index (χ1n) is 4.69. The van der Waals surface area contributed by atoms with Gasteiger partial charge < -0.3 is 9.64 Å². The third-order valence-electron chi connectivity index (χ3n) is 2.51. The van der Waals surface area contributed by atoms with E-state index in [-0.39, 0.29) is 0 Å². The molecule has 0 spiro atoms. The number of hydrogen-bond acceptors (Lipinski definition) is 3. The normalized spacial score (nSPS) is 21.6. The van der Waals surface area contributed by atoms with Crippen molar-refractivity contribution in [2.24, 2.45) is 0 Å². The fourth-order valence-corrected chi connectivity index (χ4v) is 1.92. The molecule has 3 nitrogen and oxygen atoms in total. The quantitative estimate of drug-likeness (QED) is 0.811. The van der Waals surface area contributed by atoms with E-state index in [0.29, 0.717) is 6.10 Å². The van der Waals surface area contributed by atoms with E-state index in [1.165, 1.54) is 0 Å². The van der Waals surface area contributed by atoms with Crippen molar-refractivity contribution in [3.05, 3.63) is 22.8 Å². The predicted octanol–water partition coefficient (Wildman–Crippen LogP) is 2.07. The second kappa shape index (κ2) is 4.28. The van der Waals surface area contributed by atoms with Crippen LogP contribution in [0.2, 0.25) is 0 Å². The Kier molecular flexibility index (Phi) is 3.03. The molecule has 1 aliphatic rings. The lowest BCUT2D eigenvalue weighted by molar-refractivity contribution is 0.121. The summed E-state index contributed by atoms with van der Waals surface area (Å²) in [7, 11) is 1.77. The van der Waals surface area contributed by atoms with Crippen LogP contribution in [0.1, 0.15) is 6.42 Å². The average Bonchev–Trinajstić information content (AvgIpc) is 2.67. The first-order chi connectivity index (χ1) is 6.79. The molecule has 14 heavy (non-hydrogen) atoms. The molecular weight excluding hydrogens is 244 g/mol. The Balaban J connectivity index is 2.06. The molecule has 0 bridgehead atoms. The Morgan fingerprint density at radius 2 is 2.43 bits per heavy atom. The Bertz CT molecular complexity index is 301. The zero-order valence-corrected chi connectivity index (χ0v) is 9.70. The lowest BCUT2D eigenvalue weighted by atomic mass is 10.3. The smallest absolute Gasteiger partial charge is 0.128 e. The Labute approximate surface area is 92.2 Å². The number of ether oxygens (including phenoxy) is 1. The van der Waals surface area contributed by atoms with Gasteiger partial charge >= 0.3 is 0 Å². The van der Waals surface area contributed by atoms with Crippen molar-refractivity contribution in [2.45, 2.75) is 12.5 Å².